The molecule has 0 heterocycles. The van der Waals surface area contributed by atoms with Gasteiger partial charge in [-0.05, 0) is 11.6 Å². The van der Waals surface area contributed by atoms with Crippen LogP contribution in [-0.4, -0.2) is 20.2 Å². The molecule has 0 aliphatic rings. The fourth-order valence-corrected chi connectivity index (χ4v) is 1.46. The van der Waals surface area contributed by atoms with Crippen molar-refractivity contribution < 1.29 is 18.7 Å². The summed E-state index contributed by atoms with van der Waals surface area (Å²) in [5.41, 5.74) is 0.917. The van der Waals surface area contributed by atoms with E-state index < -0.39 is 11.8 Å². The Balaban J connectivity index is 3.10. The number of esters is 1. The minimum atomic E-state index is -0.554. The molecule has 0 radical (unpaired) electrons. The maximum Gasteiger partial charge on any atom is 0.310 e. The van der Waals surface area contributed by atoms with Gasteiger partial charge in [-0.15, -0.1) is 11.6 Å². The summed E-state index contributed by atoms with van der Waals surface area (Å²) in [6, 6.07) is 3.03. The van der Waals surface area contributed by atoms with E-state index in [2.05, 4.69) is 4.74 Å². The molecule has 0 aliphatic carbocycles. The molecule has 1 aromatic carbocycles. The minimum Gasteiger partial charge on any atom is -0.494 e. The van der Waals surface area contributed by atoms with Gasteiger partial charge in [0.15, 0.2) is 11.6 Å². The van der Waals surface area contributed by atoms with Crippen LogP contribution in [0.2, 0.25) is 0 Å². The van der Waals surface area contributed by atoms with Gasteiger partial charge in [0.1, 0.15) is 0 Å². The standard InChI is InChI=1S/C11H12ClFO3/c1-15-9-4-7(6-12)3-8(11(9)13)5-10(14)16-2/h3-4H,5-6H2,1-2H3. The number of carbonyl (C=O) groups is 1. The van der Waals surface area contributed by atoms with E-state index in [0.29, 0.717) is 5.56 Å². The molecule has 0 amide bonds. The summed E-state index contributed by atoms with van der Waals surface area (Å²) in [5.74, 6) is -0.753. The van der Waals surface area contributed by atoms with Gasteiger partial charge in [-0.3, -0.25) is 4.79 Å². The van der Waals surface area contributed by atoms with Crippen molar-refractivity contribution in [1.29, 1.82) is 0 Å². The molecule has 0 aromatic heterocycles. The first-order valence-electron chi connectivity index (χ1n) is 4.60. The van der Waals surface area contributed by atoms with E-state index in [1.54, 1.807) is 0 Å². The summed E-state index contributed by atoms with van der Waals surface area (Å²) in [7, 11) is 2.61. The van der Waals surface area contributed by atoms with Gasteiger partial charge in [-0.1, -0.05) is 6.07 Å². The van der Waals surface area contributed by atoms with Crippen molar-refractivity contribution in [3.8, 4) is 5.75 Å². The van der Waals surface area contributed by atoms with E-state index in [1.165, 1.54) is 26.4 Å². The molecule has 5 heteroatoms. The van der Waals surface area contributed by atoms with Crippen LogP contribution in [-0.2, 0) is 21.8 Å². The molecular formula is C11H12ClFO3. The van der Waals surface area contributed by atoms with E-state index in [9.17, 15) is 9.18 Å². The Kier molecular flexibility index (Phi) is 4.55. The molecule has 0 saturated carbocycles. The SMILES string of the molecule is COC(=O)Cc1cc(CCl)cc(OC)c1F. The molecule has 0 fully saturated rings. The lowest BCUT2D eigenvalue weighted by atomic mass is 10.1. The highest BCUT2D eigenvalue weighted by atomic mass is 35.5. The lowest BCUT2D eigenvalue weighted by molar-refractivity contribution is -0.139. The van der Waals surface area contributed by atoms with Crippen molar-refractivity contribution in [2.45, 2.75) is 12.3 Å². The Labute approximate surface area is 98.1 Å². The van der Waals surface area contributed by atoms with Gasteiger partial charge in [-0.25, -0.2) is 4.39 Å². The van der Waals surface area contributed by atoms with Crippen LogP contribution in [0, 0.1) is 5.82 Å². The number of hydrogen-bond acceptors (Lipinski definition) is 3. The highest BCUT2D eigenvalue weighted by molar-refractivity contribution is 6.17. The minimum absolute atomic E-state index is 0.0806. The van der Waals surface area contributed by atoms with Crippen molar-refractivity contribution in [2.24, 2.45) is 0 Å². The van der Waals surface area contributed by atoms with Crippen LogP contribution >= 0.6 is 11.6 Å². The van der Waals surface area contributed by atoms with Gasteiger partial charge in [0.25, 0.3) is 0 Å². The van der Waals surface area contributed by atoms with Gasteiger partial charge >= 0.3 is 5.97 Å². The molecule has 1 aromatic rings. The predicted octanol–water partition coefficient (Wildman–Crippen LogP) is 2.29. The Morgan fingerprint density at radius 2 is 2.12 bits per heavy atom. The van der Waals surface area contributed by atoms with E-state index in [0.717, 1.165) is 0 Å². The second-order valence-corrected chi connectivity index (χ2v) is 3.42. The molecule has 0 unspecified atom stereocenters. The van der Waals surface area contributed by atoms with E-state index in [1.807, 2.05) is 0 Å². The van der Waals surface area contributed by atoms with Gasteiger partial charge in [0.2, 0.25) is 0 Å². The predicted molar refractivity (Wildman–Crippen MR) is 58.2 cm³/mol. The molecule has 0 N–H and O–H groups in total. The van der Waals surface area contributed by atoms with Crippen LogP contribution in [0.15, 0.2) is 12.1 Å². The van der Waals surface area contributed by atoms with Crippen molar-refractivity contribution >= 4 is 17.6 Å². The Hall–Kier alpha value is -1.29. The van der Waals surface area contributed by atoms with Crippen molar-refractivity contribution in [1.82, 2.24) is 0 Å². The van der Waals surface area contributed by atoms with Crippen molar-refractivity contribution in [2.75, 3.05) is 14.2 Å². The van der Waals surface area contributed by atoms with Gasteiger partial charge < -0.3 is 9.47 Å². The fourth-order valence-electron chi connectivity index (χ4n) is 1.30. The third kappa shape index (κ3) is 2.85. The van der Waals surface area contributed by atoms with Gasteiger partial charge in [-0.2, -0.15) is 0 Å². The highest BCUT2D eigenvalue weighted by Gasteiger charge is 2.14. The fraction of sp³-hybridized carbons (Fsp3) is 0.364. The summed E-state index contributed by atoms with van der Waals surface area (Å²) in [5, 5.41) is 0. The number of ether oxygens (including phenoxy) is 2. The second-order valence-electron chi connectivity index (χ2n) is 3.16. The summed E-state index contributed by atoms with van der Waals surface area (Å²) in [4.78, 5) is 11.1. The lowest BCUT2D eigenvalue weighted by Gasteiger charge is -2.09. The third-order valence-corrected chi connectivity index (χ3v) is 2.42. The zero-order valence-electron chi connectivity index (χ0n) is 9.05. The highest BCUT2D eigenvalue weighted by Crippen LogP contribution is 2.24. The zero-order chi connectivity index (χ0) is 12.1. The molecule has 3 nitrogen and oxygen atoms in total. The Morgan fingerprint density at radius 1 is 1.44 bits per heavy atom. The number of halogens is 2. The van der Waals surface area contributed by atoms with E-state index in [4.69, 9.17) is 16.3 Å². The molecule has 0 spiro atoms. The average molecular weight is 247 g/mol. The number of methoxy groups -OCH3 is 2. The molecule has 0 atom stereocenters. The maximum atomic E-state index is 13.7. The molecule has 0 bridgehead atoms. The number of carbonyl (C=O) groups excluding carboxylic acids is 1. The molecule has 1 rings (SSSR count). The topological polar surface area (TPSA) is 35.5 Å². The largest absolute Gasteiger partial charge is 0.494 e. The van der Waals surface area contributed by atoms with Crippen LogP contribution in [0.4, 0.5) is 4.39 Å². The van der Waals surface area contributed by atoms with Crippen LogP contribution < -0.4 is 4.74 Å². The first-order valence-corrected chi connectivity index (χ1v) is 5.13. The number of benzene rings is 1. The first kappa shape index (κ1) is 12.8. The van der Waals surface area contributed by atoms with Gasteiger partial charge in [0, 0.05) is 11.4 Å². The van der Waals surface area contributed by atoms with Crippen LogP contribution in [0.5, 0.6) is 5.75 Å². The molecule has 0 aliphatic heterocycles. The Bertz CT molecular complexity index is 393. The van der Waals surface area contributed by atoms with Gasteiger partial charge in [0.05, 0.1) is 20.6 Å². The summed E-state index contributed by atoms with van der Waals surface area (Å²) < 4.78 is 23.0. The molecule has 88 valence electrons. The summed E-state index contributed by atoms with van der Waals surface area (Å²) in [6.45, 7) is 0. The number of alkyl halides is 1. The van der Waals surface area contributed by atoms with Crippen molar-refractivity contribution in [3.05, 3.63) is 29.1 Å². The average Bonchev–Trinajstić information content (AvgIpc) is 2.31. The quantitative estimate of drug-likeness (QED) is 0.604. The summed E-state index contributed by atoms with van der Waals surface area (Å²) in [6.07, 6.45) is -0.135. The van der Waals surface area contributed by atoms with E-state index >= 15 is 0 Å². The number of hydrogen-bond donors (Lipinski definition) is 0. The first-order chi connectivity index (χ1) is 7.62. The monoisotopic (exact) mass is 246 g/mol. The zero-order valence-corrected chi connectivity index (χ0v) is 9.81. The normalized spacial score (nSPS) is 10.0. The number of rotatable bonds is 4. The van der Waals surface area contributed by atoms with Crippen LogP contribution in [0.25, 0.3) is 0 Å². The van der Waals surface area contributed by atoms with Crippen LogP contribution in [0.3, 0.4) is 0 Å². The third-order valence-electron chi connectivity index (χ3n) is 2.11. The second kappa shape index (κ2) is 5.70. The van der Waals surface area contributed by atoms with Crippen molar-refractivity contribution in [3.63, 3.8) is 0 Å². The summed E-state index contributed by atoms with van der Waals surface area (Å²) >= 11 is 5.66. The smallest absolute Gasteiger partial charge is 0.310 e. The molecule has 0 saturated heterocycles. The lowest BCUT2D eigenvalue weighted by Crippen LogP contribution is -2.07. The Morgan fingerprint density at radius 3 is 2.62 bits per heavy atom. The maximum absolute atomic E-state index is 13.7. The molecular weight excluding hydrogens is 235 g/mol. The van der Waals surface area contributed by atoms with Crippen LogP contribution in [0.1, 0.15) is 11.1 Å². The molecule has 16 heavy (non-hydrogen) atoms. The van der Waals surface area contributed by atoms with E-state index in [-0.39, 0.29) is 23.6 Å².